The maximum atomic E-state index is 10.8. The van der Waals surface area contributed by atoms with E-state index in [0.717, 1.165) is 52.6 Å². The van der Waals surface area contributed by atoms with Crippen molar-refractivity contribution in [3.8, 4) is 11.3 Å². The summed E-state index contributed by atoms with van der Waals surface area (Å²) >= 11 is 0. The van der Waals surface area contributed by atoms with Crippen LogP contribution in [0.2, 0.25) is 0 Å². The van der Waals surface area contributed by atoms with Gasteiger partial charge in [-0.1, -0.05) is 46.5 Å². The average Bonchev–Trinajstić information content (AvgIpc) is 3.20. The zero-order chi connectivity index (χ0) is 26.2. The lowest BCUT2D eigenvalue weighted by molar-refractivity contribution is -0.130. The number of hydrogen-bond donors (Lipinski definition) is 1. The van der Waals surface area contributed by atoms with Crippen molar-refractivity contribution >= 4 is 22.9 Å². The third-order valence-electron chi connectivity index (χ3n) is 5.82. The van der Waals surface area contributed by atoms with E-state index in [1.54, 1.807) is 10.7 Å². The largest absolute Gasteiger partial charge is 0.388 e. The molecule has 1 saturated carbocycles. The number of fused-ring (bicyclic) bond motifs is 1. The van der Waals surface area contributed by atoms with Gasteiger partial charge in [0.1, 0.15) is 0 Å². The Balaban J connectivity index is 0.000000253. The van der Waals surface area contributed by atoms with E-state index >= 15 is 0 Å². The van der Waals surface area contributed by atoms with Crippen molar-refractivity contribution in [2.75, 3.05) is 5.73 Å². The lowest BCUT2D eigenvalue weighted by atomic mass is 9.84. The summed E-state index contributed by atoms with van der Waals surface area (Å²) in [6.45, 7) is 11.7. The van der Waals surface area contributed by atoms with Crippen molar-refractivity contribution in [3.05, 3.63) is 36.3 Å². The number of aliphatic imine (C=N–C) groups is 1. The number of aryl methyl sites for hydroxylation is 1. The van der Waals surface area contributed by atoms with Crippen LogP contribution in [0.5, 0.6) is 0 Å². The minimum atomic E-state index is -3.96. The van der Waals surface area contributed by atoms with Crippen LogP contribution in [-0.2, 0) is 0 Å². The van der Waals surface area contributed by atoms with Crippen LogP contribution in [0.1, 0.15) is 72.4 Å². The van der Waals surface area contributed by atoms with Gasteiger partial charge in [0.2, 0.25) is 5.95 Å². The summed E-state index contributed by atoms with van der Waals surface area (Å²) in [5, 5.41) is 4.13. The molecule has 2 N–H and O–H groups in total. The predicted octanol–water partition coefficient (Wildman–Crippen LogP) is 7.59. The summed E-state index contributed by atoms with van der Waals surface area (Å²) in [7, 11) is 0. The van der Waals surface area contributed by atoms with Gasteiger partial charge in [0, 0.05) is 23.9 Å². The molecule has 0 atom stereocenters. The molecule has 3 heterocycles. The van der Waals surface area contributed by atoms with Gasteiger partial charge < -0.3 is 5.73 Å². The molecule has 192 valence electrons. The van der Waals surface area contributed by atoms with Crippen LogP contribution in [0, 0.1) is 18.8 Å². The smallest absolute Gasteiger partial charge is 0.367 e. The Morgan fingerprint density at radius 1 is 1.09 bits per heavy atom. The first-order valence-corrected chi connectivity index (χ1v) is 12.1. The van der Waals surface area contributed by atoms with Crippen molar-refractivity contribution in [3.63, 3.8) is 0 Å². The highest BCUT2D eigenvalue weighted by atomic mass is 19.4. The number of halogens is 3. The number of anilines is 1. The summed E-state index contributed by atoms with van der Waals surface area (Å²) in [6.07, 6.45) is 4.76. The summed E-state index contributed by atoms with van der Waals surface area (Å²) in [5.41, 5.74) is 11.1. The highest BCUT2D eigenvalue weighted by Gasteiger charge is 2.22. The van der Waals surface area contributed by atoms with E-state index in [0.29, 0.717) is 0 Å². The molecule has 0 amide bonds. The molecule has 3 aromatic rings. The summed E-state index contributed by atoms with van der Waals surface area (Å²) < 4.78 is 34.1. The van der Waals surface area contributed by atoms with Crippen LogP contribution in [0.4, 0.5) is 24.8 Å². The van der Waals surface area contributed by atoms with Crippen LogP contribution in [0.15, 0.2) is 35.6 Å². The zero-order valence-corrected chi connectivity index (χ0v) is 21.5. The molecule has 0 radical (unpaired) electrons. The van der Waals surface area contributed by atoms with Crippen molar-refractivity contribution in [2.24, 2.45) is 16.8 Å². The minimum absolute atomic E-state index is 0.247. The van der Waals surface area contributed by atoms with Crippen molar-refractivity contribution in [1.29, 1.82) is 0 Å². The summed E-state index contributed by atoms with van der Waals surface area (Å²) in [5.74, 6) is 2.29. The minimum Gasteiger partial charge on any atom is -0.367 e. The molecule has 0 aromatic carbocycles. The lowest BCUT2D eigenvalue weighted by Crippen LogP contribution is -2.08. The number of aromatic nitrogens is 4. The Morgan fingerprint density at radius 2 is 1.66 bits per heavy atom. The average molecular weight is 491 g/mol. The van der Waals surface area contributed by atoms with E-state index in [4.69, 9.17) is 5.73 Å². The Morgan fingerprint density at radius 3 is 2.14 bits per heavy atom. The summed E-state index contributed by atoms with van der Waals surface area (Å²) in [4.78, 5) is 13.1. The molecule has 0 unspecified atom stereocenters. The molecule has 1 fully saturated rings. The molecule has 0 aliphatic heterocycles. The van der Waals surface area contributed by atoms with Gasteiger partial charge in [-0.15, -0.1) is 5.10 Å². The molecule has 1 aliphatic rings. The van der Waals surface area contributed by atoms with E-state index in [-0.39, 0.29) is 5.95 Å². The van der Waals surface area contributed by atoms with Gasteiger partial charge in [0.15, 0.2) is 0 Å². The second-order valence-corrected chi connectivity index (χ2v) is 9.37. The fraction of sp³-hybridized carbons (Fsp3) is 0.538. The van der Waals surface area contributed by atoms with Crippen LogP contribution in [-0.4, -0.2) is 31.5 Å². The molecule has 35 heavy (non-hydrogen) atoms. The van der Waals surface area contributed by atoms with E-state index in [1.165, 1.54) is 25.7 Å². The van der Waals surface area contributed by atoms with Crippen LogP contribution < -0.4 is 5.73 Å². The number of rotatable bonds is 2. The maximum Gasteiger partial charge on any atom is 0.388 e. The van der Waals surface area contributed by atoms with Crippen molar-refractivity contribution in [1.82, 2.24) is 19.6 Å². The molecule has 6 nitrogen and oxygen atoms in total. The Bertz CT molecular complexity index is 1100. The molecule has 0 bridgehead atoms. The molecular formula is C26H37F3N6. The molecule has 0 spiro atoms. The Labute approximate surface area is 205 Å². The second-order valence-electron chi connectivity index (χ2n) is 9.37. The standard InChI is InChI=1S/C15H16N6.C8H16.C3H5F3/c1-9(2)18-12-4-5-13(19-10(12)3)11-6-7-21-14(11)8-17-15(16)20-21;1-7-3-5-8(2)6-4-7;1-2-3(4,5)6/h4-8H,1-3H3,(H2,16,20);7-8H,3-6H2,1-2H3;2H2,1H3. The van der Waals surface area contributed by atoms with Gasteiger partial charge in [0.05, 0.1) is 28.8 Å². The topological polar surface area (TPSA) is 81.5 Å². The second kappa shape index (κ2) is 12.7. The number of nitrogens with zero attached hydrogens (tertiary/aromatic N) is 5. The molecule has 9 heteroatoms. The quantitative estimate of drug-likeness (QED) is 0.375. The summed E-state index contributed by atoms with van der Waals surface area (Å²) in [6, 6.07) is 5.89. The number of alkyl halides is 3. The van der Waals surface area contributed by atoms with Crippen molar-refractivity contribution in [2.45, 2.75) is 79.8 Å². The number of nitrogens with two attached hydrogens (primary N) is 1. The molecule has 1 aliphatic carbocycles. The van der Waals surface area contributed by atoms with E-state index in [2.05, 4.69) is 33.9 Å². The van der Waals surface area contributed by atoms with Gasteiger partial charge in [-0.25, -0.2) is 9.50 Å². The third kappa shape index (κ3) is 9.30. The number of hydrogen-bond acceptors (Lipinski definition) is 5. The SMILES string of the molecule is CC(C)=Nc1ccc(-c2ccn3nc(N)ncc23)nc1C.CC1CCC(C)CC1.CCC(F)(F)F. The normalized spacial score (nSPS) is 17.6. The van der Waals surface area contributed by atoms with Gasteiger partial charge in [-0.2, -0.15) is 13.2 Å². The first-order chi connectivity index (χ1) is 16.4. The number of nitrogen functional groups attached to an aromatic ring is 1. The van der Waals surface area contributed by atoms with Gasteiger partial charge in [-0.3, -0.25) is 9.98 Å². The molecular weight excluding hydrogens is 453 g/mol. The monoisotopic (exact) mass is 490 g/mol. The van der Waals surface area contributed by atoms with Crippen LogP contribution >= 0.6 is 0 Å². The van der Waals surface area contributed by atoms with Gasteiger partial charge in [-0.05, 0) is 50.8 Å². The van der Waals surface area contributed by atoms with Crippen LogP contribution in [0.3, 0.4) is 0 Å². The first-order valence-electron chi connectivity index (χ1n) is 12.1. The zero-order valence-electron chi connectivity index (χ0n) is 21.5. The molecule has 4 rings (SSSR count). The Kier molecular flexibility index (Phi) is 10.2. The van der Waals surface area contributed by atoms with Crippen molar-refractivity contribution < 1.29 is 13.2 Å². The fourth-order valence-electron chi connectivity index (χ4n) is 3.62. The Hall–Kier alpha value is -2.97. The van der Waals surface area contributed by atoms with E-state index in [9.17, 15) is 13.2 Å². The third-order valence-corrected chi connectivity index (χ3v) is 5.82. The highest BCUT2D eigenvalue weighted by Crippen LogP contribution is 2.28. The van der Waals surface area contributed by atoms with Crippen LogP contribution in [0.25, 0.3) is 16.8 Å². The maximum absolute atomic E-state index is 10.8. The first kappa shape index (κ1) is 28.3. The van der Waals surface area contributed by atoms with E-state index in [1.807, 2.05) is 45.2 Å². The number of pyridine rings is 1. The van der Waals surface area contributed by atoms with Gasteiger partial charge in [0.25, 0.3) is 0 Å². The molecule has 0 saturated heterocycles. The van der Waals surface area contributed by atoms with Gasteiger partial charge >= 0.3 is 6.18 Å². The van der Waals surface area contributed by atoms with E-state index < -0.39 is 12.6 Å². The highest BCUT2D eigenvalue weighted by molar-refractivity contribution is 5.83. The molecule has 3 aromatic heterocycles. The lowest BCUT2D eigenvalue weighted by Gasteiger charge is -2.22. The predicted molar refractivity (Wildman–Crippen MR) is 137 cm³/mol. The fourth-order valence-corrected chi connectivity index (χ4v) is 3.62.